The summed E-state index contributed by atoms with van der Waals surface area (Å²) in [5.74, 6) is -0.452. The maximum absolute atomic E-state index is 12.8. The first kappa shape index (κ1) is 14.3. The lowest BCUT2D eigenvalue weighted by molar-refractivity contribution is -0.122. The van der Waals surface area contributed by atoms with Gasteiger partial charge in [0.15, 0.2) is 0 Å². The number of benzene rings is 2. The Bertz CT molecular complexity index is 764. The number of carbonyl (C=O) groups is 3. The summed E-state index contributed by atoms with van der Waals surface area (Å²) in [5, 5.41) is 4.42. The van der Waals surface area contributed by atoms with Crippen LogP contribution >= 0.6 is 0 Å². The molecule has 5 nitrogen and oxygen atoms in total. The van der Waals surface area contributed by atoms with E-state index in [4.69, 9.17) is 0 Å². The fourth-order valence-corrected chi connectivity index (χ4v) is 3.02. The number of rotatable bonds is 5. The summed E-state index contributed by atoms with van der Waals surface area (Å²) in [4.78, 5) is 37.2. The van der Waals surface area contributed by atoms with Gasteiger partial charge in [0.1, 0.15) is 12.3 Å². The van der Waals surface area contributed by atoms with E-state index in [0.717, 1.165) is 22.7 Å². The van der Waals surface area contributed by atoms with Gasteiger partial charge in [-0.05, 0) is 23.9 Å². The van der Waals surface area contributed by atoms with Crippen molar-refractivity contribution < 1.29 is 14.4 Å². The molecule has 2 aromatic rings. The van der Waals surface area contributed by atoms with Gasteiger partial charge in [0.05, 0.1) is 5.69 Å². The molecule has 22 heavy (non-hydrogen) atoms. The minimum absolute atomic E-state index is 0.189. The molecule has 0 spiro atoms. The van der Waals surface area contributed by atoms with Crippen LogP contribution in [-0.4, -0.2) is 31.2 Å². The molecule has 1 unspecified atom stereocenters. The molecule has 0 bridgehead atoms. The summed E-state index contributed by atoms with van der Waals surface area (Å²) in [6, 6.07) is 10.5. The number of nitrogens with zero attached hydrogens (tertiary/aromatic N) is 1. The Morgan fingerprint density at radius 2 is 2.00 bits per heavy atom. The van der Waals surface area contributed by atoms with Crippen LogP contribution in [0.3, 0.4) is 0 Å². The van der Waals surface area contributed by atoms with Crippen molar-refractivity contribution in [2.75, 3.05) is 11.9 Å². The molecule has 0 radical (unpaired) electrons. The van der Waals surface area contributed by atoms with Crippen LogP contribution in [0.1, 0.15) is 23.2 Å². The Morgan fingerprint density at radius 1 is 1.27 bits per heavy atom. The quantitative estimate of drug-likeness (QED) is 0.857. The number of hydrogen-bond acceptors (Lipinski definition) is 3. The van der Waals surface area contributed by atoms with Crippen molar-refractivity contribution in [1.29, 1.82) is 0 Å². The molecule has 112 valence electrons. The fraction of sp³-hybridized carbons (Fsp3) is 0.235. The van der Waals surface area contributed by atoms with Gasteiger partial charge in [-0.15, -0.1) is 0 Å². The zero-order valence-electron chi connectivity index (χ0n) is 12.2. The lowest BCUT2D eigenvalue weighted by atomic mass is 10.1. The molecule has 1 N–H and O–H groups in total. The molecule has 1 aliphatic rings. The van der Waals surface area contributed by atoms with E-state index < -0.39 is 6.04 Å². The third-order valence-corrected chi connectivity index (χ3v) is 4.01. The first-order chi connectivity index (χ1) is 10.7. The third-order valence-electron chi connectivity index (χ3n) is 4.01. The Labute approximate surface area is 127 Å². The molecule has 0 aliphatic carbocycles. The zero-order chi connectivity index (χ0) is 15.7. The summed E-state index contributed by atoms with van der Waals surface area (Å²) >= 11 is 0. The molecule has 0 saturated heterocycles. The fourth-order valence-electron chi connectivity index (χ4n) is 3.02. The molecule has 2 aromatic carbocycles. The van der Waals surface area contributed by atoms with E-state index in [2.05, 4.69) is 5.32 Å². The Morgan fingerprint density at radius 3 is 2.68 bits per heavy atom. The average molecular weight is 296 g/mol. The van der Waals surface area contributed by atoms with Crippen LogP contribution < -0.4 is 10.2 Å². The highest BCUT2D eigenvalue weighted by molar-refractivity contribution is 6.26. The normalized spacial score (nSPS) is 14.2. The summed E-state index contributed by atoms with van der Waals surface area (Å²) < 4.78 is 0. The predicted octanol–water partition coefficient (Wildman–Crippen LogP) is 1.89. The van der Waals surface area contributed by atoms with Gasteiger partial charge in [-0.3, -0.25) is 14.5 Å². The minimum atomic E-state index is -0.680. The molecule has 5 heteroatoms. The van der Waals surface area contributed by atoms with Gasteiger partial charge >= 0.3 is 0 Å². The van der Waals surface area contributed by atoms with Gasteiger partial charge in [-0.2, -0.15) is 0 Å². The van der Waals surface area contributed by atoms with Gasteiger partial charge in [-0.25, -0.2) is 0 Å². The van der Waals surface area contributed by atoms with E-state index in [0.29, 0.717) is 12.0 Å². The SMILES string of the molecule is CNC(=O)C(CCC=O)N1C(=O)c2cccc3cccc1c23. The van der Waals surface area contributed by atoms with Crippen molar-refractivity contribution >= 4 is 34.6 Å². The Hall–Kier alpha value is -2.69. The second-order valence-electron chi connectivity index (χ2n) is 5.23. The number of nitrogens with one attached hydrogen (secondary N) is 1. The second kappa shape index (κ2) is 5.60. The monoisotopic (exact) mass is 296 g/mol. The van der Waals surface area contributed by atoms with Gasteiger partial charge < -0.3 is 10.1 Å². The van der Waals surface area contributed by atoms with Gasteiger partial charge in [0, 0.05) is 24.4 Å². The van der Waals surface area contributed by atoms with Crippen LogP contribution in [0.4, 0.5) is 5.69 Å². The maximum Gasteiger partial charge on any atom is 0.259 e. The zero-order valence-corrected chi connectivity index (χ0v) is 12.2. The van der Waals surface area contributed by atoms with Crippen LogP contribution in [0.2, 0.25) is 0 Å². The highest BCUT2D eigenvalue weighted by atomic mass is 16.2. The number of hydrogen-bond donors (Lipinski definition) is 1. The Balaban J connectivity index is 2.12. The van der Waals surface area contributed by atoms with E-state index in [1.807, 2.05) is 30.3 Å². The predicted molar refractivity (Wildman–Crippen MR) is 83.9 cm³/mol. The highest BCUT2D eigenvalue weighted by Gasteiger charge is 2.37. The third kappa shape index (κ3) is 2.06. The van der Waals surface area contributed by atoms with Gasteiger partial charge in [0.2, 0.25) is 5.91 Å². The van der Waals surface area contributed by atoms with Crippen LogP contribution in [0.25, 0.3) is 10.8 Å². The topological polar surface area (TPSA) is 66.5 Å². The van der Waals surface area contributed by atoms with Crippen molar-refractivity contribution in [2.24, 2.45) is 0 Å². The molecule has 3 rings (SSSR count). The highest BCUT2D eigenvalue weighted by Crippen LogP contribution is 2.38. The second-order valence-corrected chi connectivity index (χ2v) is 5.23. The van der Waals surface area contributed by atoms with E-state index in [1.165, 1.54) is 11.9 Å². The molecular weight excluding hydrogens is 280 g/mol. The summed E-state index contributed by atoms with van der Waals surface area (Å²) in [6.07, 6.45) is 1.30. The smallest absolute Gasteiger partial charge is 0.259 e. The largest absolute Gasteiger partial charge is 0.357 e. The minimum Gasteiger partial charge on any atom is -0.357 e. The number of aldehydes is 1. The maximum atomic E-state index is 12.8. The molecule has 1 heterocycles. The van der Waals surface area contributed by atoms with Crippen LogP contribution in [0, 0.1) is 0 Å². The lowest BCUT2D eigenvalue weighted by Gasteiger charge is -2.27. The molecule has 1 atom stereocenters. The van der Waals surface area contributed by atoms with E-state index in [1.54, 1.807) is 6.07 Å². The van der Waals surface area contributed by atoms with Crippen LogP contribution in [0.5, 0.6) is 0 Å². The standard InChI is InChI=1S/C17H16N2O3/c1-18-16(21)14(9-4-10-20)19-13-8-3-6-11-5-2-7-12(15(11)13)17(19)22/h2-3,5-8,10,14H,4,9H2,1H3,(H,18,21). The van der Waals surface area contributed by atoms with E-state index in [-0.39, 0.29) is 18.2 Å². The van der Waals surface area contributed by atoms with Crippen molar-refractivity contribution in [3.8, 4) is 0 Å². The summed E-state index contributed by atoms with van der Waals surface area (Å²) in [7, 11) is 1.53. The summed E-state index contributed by atoms with van der Waals surface area (Å²) in [5.41, 5.74) is 1.34. The molecule has 1 aliphatic heterocycles. The van der Waals surface area contributed by atoms with E-state index in [9.17, 15) is 14.4 Å². The number of carbonyl (C=O) groups excluding carboxylic acids is 3. The van der Waals surface area contributed by atoms with Crippen LogP contribution in [0.15, 0.2) is 36.4 Å². The van der Waals surface area contributed by atoms with Crippen LogP contribution in [-0.2, 0) is 9.59 Å². The molecule has 0 aromatic heterocycles. The van der Waals surface area contributed by atoms with Crippen molar-refractivity contribution in [3.63, 3.8) is 0 Å². The first-order valence-corrected chi connectivity index (χ1v) is 7.19. The Kier molecular flexibility index (Phi) is 3.63. The van der Waals surface area contributed by atoms with E-state index >= 15 is 0 Å². The van der Waals surface area contributed by atoms with Gasteiger partial charge in [0.25, 0.3) is 5.91 Å². The van der Waals surface area contributed by atoms with Gasteiger partial charge in [-0.1, -0.05) is 24.3 Å². The average Bonchev–Trinajstić information content (AvgIpc) is 2.83. The number of amides is 2. The summed E-state index contributed by atoms with van der Waals surface area (Å²) in [6.45, 7) is 0. The number of anilines is 1. The molecule has 2 amide bonds. The first-order valence-electron chi connectivity index (χ1n) is 7.19. The molecule has 0 fully saturated rings. The molecular formula is C17H16N2O3. The number of likely N-dealkylation sites (N-methyl/N-ethyl adjacent to an activating group) is 1. The molecule has 0 saturated carbocycles. The lowest BCUT2D eigenvalue weighted by Crippen LogP contribution is -2.47. The van der Waals surface area contributed by atoms with Crippen molar-refractivity contribution in [3.05, 3.63) is 42.0 Å². The van der Waals surface area contributed by atoms with Crippen molar-refractivity contribution in [1.82, 2.24) is 5.32 Å². The van der Waals surface area contributed by atoms with Crippen molar-refractivity contribution in [2.45, 2.75) is 18.9 Å².